The number of para-hydroxylation sites is 1. The molecule has 0 saturated heterocycles. The first-order valence-electron chi connectivity index (χ1n) is 10.8. The Kier molecular flexibility index (Phi) is 4.73. The third-order valence-corrected chi connectivity index (χ3v) is 6.25. The molecule has 160 valence electrons. The van der Waals surface area contributed by atoms with E-state index in [4.69, 9.17) is 14.5 Å². The topological polar surface area (TPSA) is 58.3 Å². The summed E-state index contributed by atoms with van der Waals surface area (Å²) >= 11 is 0. The van der Waals surface area contributed by atoms with Crippen molar-refractivity contribution in [1.29, 1.82) is 0 Å². The zero-order chi connectivity index (χ0) is 21.7. The zero-order valence-electron chi connectivity index (χ0n) is 18.4. The van der Waals surface area contributed by atoms with Crippen LogP contribution in [-0.4, -0.2) is 28.3 Å². The van der Waals surface area contributed by atoms with Gasteiger partial charge in [-0.05, 0) is 36.5 Å². The minimum absolute atomic E-state index is 0.0245. The summed E-state index contributed by atoms with van der Waals surface area (Å²) < 4.78 is 15.5. The third kappa shape index (κ3) is 3.00. The van der Waals surface area contributed by atoms with Gasteiger partial charge in [0.1, 0.15) is 11.5 Å². The highest BCUT2D eigenvalue weighted by atomic mass is 16.5. The summed E-state index contributed by atoms with van der Waals surface area (Å²) in [6.07, 6.45) is 1.78. The molecule has 0 unspecified atom stereocenters. The van der Waals surface area contributed by atoms with E-state index in [1.165, 1.54) is 5.56 Å². The van der Waals surface area contributed by atoms with E-state index in [1.807, 2.05) is 34.9 Å². The normalized spacial score (nSPS) is 12.9. The van der Waals surface area contributed by atoms with Crippen LogP contribution in [-0.2, 0) is 19.5 Å². The second-order valence-corrected chi connectivity index (χ2v) is 8.54. The average Bonchev–Trinajstić information content (AvgIpc) is 3.11. The highest BCUT2D eigenvalue weighted by molar-refractivity contribution is 5.97. The molecule has 4 aromatic rings. The maximum atomic E-state index is 13.3. The monoisotopic (exact) mass is 417 g/mol. The van der Waals surface area contributed by atoms with Crippen LogP contribution in [0, 0.1) is 5.92 Å². The van der Waals surface area contributed by atoms with Gasteiger partial charge < -0.3 is 14.0 Å². The van der Waals surface area contributed by atoms with Crippen LogP contribution < -0.4 is 15.0 Å². The molecule has 0 atom stereocenters. The van der Waals surface area contributed by atoms with Gasteiger partial charge in [0.05, 0.1) is 36.3 Å². The molecule has 0 aliphatic carbocycles. The Morgan fingerprint density at radius 3 is 2.68 bits per heavy atom. The number of hydrogen-bond donors (Lipinski definition) is 0. The molecule has 5 rings (SSSR count). The van der Waals surface area contributed by atoms with Gasteiger partial charge >= 0.3 is 0 Å². The molecule has 1 aliphatic rings. The lowest BCUT2D eigenvalue weighted by Crippen LogP contribution is -2.28. The molecule has 31 heavy (non-hydrogen) atoms. The lowest BCUT2D eigenvalue weighted by molar-refractivity contribution is 0.397. The first-order chi connectivity index (χ1) is 15.0. The first kappa shape index (κ1) is 19.7. The second-order valence-electron chi connectivity index (χ2n) is 8.54. The van der Waals surface area contributed by atoms with E-state index >= 15 is 0 Å². The van der Waals surface area contributed by atoms with Crippen molar-refractivity contribution in [2.45, 2.75) is 39.8 Å². The van der Waals surface area contributed by atoms with Crippen LogP contribution in [0.3, 0.4) is 0 Å². The zero-order valence-corrected chi connectivity index (χ0v) is 18.4. The van der Waals surface area contributed by atoms with Gasteiger partial charge in [0.15, 0.2) is 5.82 Å². The number of ether oxygens (including phenoxy) is 2. The number of hydrogen-bond acceptors (Lipinski definition) is 4. The molecule has 1 aliphatic heterocycles. The molecule has 6 nitrogen and oxygen atoms in total. The van der Waals surface area contributed by atoms with Gasteiger partial charge in [-0.15, -0.1) is 0 Å². The van der Waals surface area contributed by atoms with E-state index in [1.54, 1.807) is 14.2 Å². The van der Waals surface area contributed by atoms with Crippen molar-refractivity contribution < 1.29 is 9.47 Å². The standard InChI is InChI=1S/C25H27N3O3/c1-15(2)9-11-27-20-13-16(30-3)14-21(31-4)22(20)18-10-12-28-24(23(18)27)26-19-8-6-5-7-17(19)25(28)29/h5-8,13-15H,9-12H2,1-4H3. The summed E-state index contributed by atoms with van der Waals surface area (Å²) in [6, 6.07) is 11.6. The predicted molar refractivity (Wildman–Crippen MR) is 123 cm³/mol. The van der Waals surface area contributed by atoms with Crippen molar-refractivity contribution in [3.63, 3.8) is 0 Å². The third-order valence-electron chi connectivity index (χ3n) is 6.25. The summed E-state index contributed by atoms with van der Waals surface area (Å²) in [4.78, 5) is 18.2. The minimum atomic E-state index is 0.0245. The lowest BCUT2D eigenvalue weighted by Gasteiger charge is -2.21. The minimum Gasteiger partial charge on any atom is -0.497 e. The number of aryl methyl sites for hydroxylation is 2. The quantitative estimate of drug-likeness (QED) is 0.475. The fourth-order valence-corrected chi connectivity index (χ4v) is 4.67. The van der Waals surface area contributed by atoms with Crippen LogP contribution in [0.25, 0.3) is 33.3 Å². The Morgan fingerprint density at radius 2 is 1.94 bits per heavy atom. The number of benzene rings is 2. The molecule has 2 aromatic heterocycles. The van der Waals surface area contributed by atoms with Gasteiger partial charge in [0, 0.05) is 30.6 Å². The van der Waals surface area contributed by atoms with Gasteiger partial charge in [-0.1, -0.05) is 26.0 Å². The number of aromatic nitrogens is 3. The van der Waals surface area contributed by atoms with Crippen molar-refractivity contribution >= 4 is 21.8 Å². The summed E-state index contributed by atoms with van der Waals surface area (Å²) in [5.74, 6) is 2.85. The average molecular weight is 418 g/mol. The largest absolute Gasteiger partial charge is 0.497 e. The van der Waals surface area contributed by atoms with Gasteiger partial charge in [0.2, 0.25) is 0 Å². The van der Waals surface area contributed by atoms with Crippen molar-refractivity contribution in [1.82, 2.24) is 14.1 Å². The van der Waals surface area contributed by atoms with Crippen LogP contribution in [0.5, 0.6) is 11.5 Å². The number of methoxy groups -OCH3 is 2. The van der Waals surface area contributed by atoms with Crippen LogP contribution in [0.1, 0.15) is 25.8 Å². The van der Waals surface area contributed by atoms with Crippen LogP contribution in [0.2, 0.25) is 0 Å². The fourth-order valence-electron chi connectivity index (χ4n) is 4.67. The van der Waals surface area contributed by atoms with E-state index in [0.29, 0.717) is 17.8 Å². The molecule has 2 aromatic carbocycles. The van der Waals surface area contributed by atoms with Crippen LogP contribution in [0.4, 0.5) is 0 Å². The van der Waals surface area contributed by atoms with Gasteiger partial charge in [-0.3, -0.25) is 9.36 Å². The molecule has 6 heteroatoms. The Morgan fingerprint density at radius 1 is 1.13 bits per heavy atom. The predicted octanol–water partition coefficient (Wildman–Crippen LogP) is 4.64. The van der Waals surface area contributed by atoms with Crippen LogP contribution >= 0.6 is 0 Å². The van der Waals surface area contributed by atoms with E-state index in [-0.39, 0.29) is 5.56 Å². The maximum absolute atomic E-state index is 13.3. The van der Waals surface area contributed by atoms with Crippen molar-refractivity contribution in [2.75, 3.05) is 14.2 Å². The molecule has 0 spiro atoms. The molecule has 3 heterocycles. The number of rotatable bonds is 5. The van der Waals surface area contributed by atoms with Crippen molar-refractivity contribution in [3.8, 4) is 23.0 Å². The molecule has 0 saturated carbocycles. The highest BCUT2D eigenvalue weighted by Crippen LogP contribution is 2.43. The first-order valence-corrected chi connectivity index (χ1v) is 10.8. The van der Waals surface area contributed by atoms with E-state index < -0.39 is 0 Å². The summed E-state index contributed by atoms with van der Waals surface area (Å²) in [5, 5.41) is 1.76. The highest BCUT2D eigenvalue weighted by Gasteiger charge is 2.29. The molecular formula is C25H27N3O3. The molecule has 0 amide bonds. The Labute approximate surface area is 181 Å². The van der Waals surface area contributed by atoms with E-state index in [0.717, 1.165) is 58.8 Å². The van der Waals surface area contributed by atoms with Gasteiger partial charge in [-0.2, -0.15) is 0 Å². The van der Waals surface area contributed by atoms with Gasteiger partial charge in [-0.25, -0.2) is 4.98 Å². The number of fused-ring (bicyclic) bond motifs is 6. The molecule has 0 bridgehead atoms. The molecule has 0 N–H and O–H groups in total. The van der Waals surface area contributed by atoms with Crippen molar-refractivity contribution in [3.05, 3.63) is 52.3 Å². The Balaban J connectivity index is 1.89. The smallest absolute Gasteiger partial charge is 0.261 e. The SMILES string of the molecule is COc1cc(OC)c2c3c(n(CCC(C)C)c2c1)-c1nc2ccccc2c(=O)n1CC3. The summed E-state index contributed by atoms with van der Waals surface area (Å²) in [6.45, 7) is 5.90. The van der Waals surface area contributed by atoms with Crippen LogP contribution in [0.15, 0.2) is 41.2 Å². The molecular weight excluding hydrogens is 390 g/mol. The lowest BCUT2D eigenvalue weighted by atomic mass is 10.0. The Bertz CT molecular complexity index is 1360. The second kappa shape index (κ2) is 7.45. The van der Waals surface area contributed by atoms with Gasteiger partial charge in [0.25, 0.3) is 5.56 Å². The maximum Gasteiger partial charge on any atom is 0.261 e. The van der Waals surface area contributed by atoms with Crippen molar-refractivity contribution in [2.24, 2.45) is 5.92 Å². The van der Waals surface area contributed by atoms with E-state index in [2.05, 4.69) is 24.5 Å². The number of nitrogens with zero attached hydrogens (tertiary/aromatic N) is 3. The van der Waals surface area contributed by atoms with E-state index in [9.17, 15) is 4.79 Å². The summed E-state index contributed by atoms with van der Waals surface area (Å²) in [7, 11) is 3.36. The Hall–Kier alpha value is -3.28. The fraction of sp³-hybridized carbons (Fsp3) is 0.360. The summed E-state index contributed by atoms with van der Waals surface area (Å²) in [5.41, 5.74) is 4.04. The molecule has 0 radical (unpaired) electrons. The molecule has 0 fully saturated rings.